The average Bonchev–Trinajstić information content (AvgIpc) is 2.71. The Kier molecular flexibility index (Phi) is 3.09. The average molecular weight is 231 g/mol. The van der Waals surface area contributed by atoms with Gasteiger partial charge in [-0.1, -0.05) is 30.3 Å². The van der Waals surface area contributed by atoms with Crippen LogP contribution in [-0.4, -0.2) is 22.9 Å². The summed E-state index contributed by atoms with van der Waals surface area (Å²) in [7, 11) is 1.34. The van der Waals surface area contributed by atoms with Gasteiger partial charge in [0.05, 0.1) is 12.8 Å². The third-order valence-electron chi connectivity index (χ3n) is 2.37. The van der Waals surface area contributed by atoms with E-state index < -0.39 is 0 Å². The van der Waals surface area contributed by atoms with Crippen molar-refractivity contribution in [3.05, 3.63) is 36.4 Å². The van der Waals surface area contributed by atoms with Gasteiger partial charge in [0.15, 0.2) is 0 Å². The molecule has 0 aliphatic heterocycles. The van der Waals surface area contributed by atoms with Crippen LogP contribution in [0.4, 0.5) is 5.82 Å². The zero-order valence-electron chi connectivity index (χ0n) is 9.46. The molecule has 2 N–H and O–H groups in total. The molecule has 0 saturated heterocycles. The Labute approximate surface area is 98.8 Å². The van der Waals surface area contributed by atoms with Crippen molar-refractivity contribution in [1.29, 1.82) is 0 Å². The predicted molar refractivity (Wildman–Crippen MR) is 64.1 cm³/mol. The lowest BCUT2D eigenvalue weighted by atomic mass is 10.1. The van der Waals surface area contributed by atoms with Gasteiger partial charge in [0.2, 0.25) is 0 Å². The van der Waals surface area contributed by atoms with E-state index in [-0.39, 0.29) is 12.5 Å². The highest BCUT2D eigenvalue weighted by atomic mass is 16.5. The minimum Gasteiger partial charge on any atom is -0.468 e. The first kappa shape index (κ1) is 11.2. The molecule has 88 valence electrons. The number of ether oxygens (including phenoxy) is 1. The van der Waals surface area contributed by atoms with Crippen LogP contribution in [0.1, 0.15) is 0 Å². The van der Waals surface area contributed by atoms with Crippen molar-refractivity contribution in [3.63, 3.8) is 0 Å². The van der Waals surface area contributed by atoms with E-state index >= 15 is 0 Å². The van der Waals surface area contributed by atoms with Crippen LogP contribution in [-0.2, 0) is 16.1 Å². The Bertz CT molecular complexity index is 520. The summed E-state index contributed by atoms with van der Waals surface area (Å²) in [4.78, 5) is 11.3. The molecule has 0 spiro atoms. The second-order valence-electron chi connectivity index (χ2n) is 3.55. The van der Waals surface area contributed by atoms with Gasteiger partial charge in [-0.3, -0.25) is 9.48 Å². The van der Waals surface area contributed by atoms with E-state index in [0.29, 0.717) is 5.82 Å². The molecule has 1 heterocycles. The van der Waals surface area contributed by atoms with Gasteiger partial charge in [-0.2, -0.15) is 5.10 Å². The molecule has 0 bridgehead atoms. The van der Waals surface area contributed by atoms with E-state index in [1.54, 1.807) is 6.07 Å². The van der Waals surface area contributed by atoms with Crippen LogP contribution in [0.25, 0.3) is 11.3 Å². The number of carbonyl (C=O) groups is 1. The zero-order chi connectivity index (χ0) is 12.3. The van der Waals surface area contributed by atoms with Gasteiger partial charge in [-0.15, -0.1) is 0 Å². The molecule has 0 fully saturated rings. The van der Waals surface area contributed by atoms with Crippen LogP contribution in [0.5, 0.6) is 0 Å². The largest absolute Gasteiger partial charge is 0.468 e. The molecule has 2 aromatic rings. The zero-order valence-corrected chi connectivity index (χ0v) is 9.46. The van der Waals surface area contributed by atoms with Crippen molar-refractivity contribution < 1.29 is 9.53 Å². The third-order valence-corrected chi connectivity index (χ3v) is 2.37. The molecule has 0 atom stereocenters. The van der Waals surface area contributed by atoms with Crippen LogP contribution in [0, 0.1) is 0 Å². The molecule has 2 rings (SSSR count). The maximum Gasteiger partial charge on any atom is 0.327 e. The number of nitrogens with two attached hydrogens (primary N) is 1. The van der Waals surface area contributed by atoms with Crippen molar-refractivity contribution >= 4 is 11.8 Å². The van der Waals surface area contributed by atoms with Crippen LogP contribution in [0.2, 0.25) is 0 Å². The van der Waals surface area contributed by atoms with E-state index in [9.17, 15) is 4.79 Å². The first-order valence-electron chi connectivity index (χ1n) is 5.16. The molecule has 1 aromatic carbocycles. The van der Waals surface area contributed by atoms with Crippen molar-refractivity contribution in [2.45, 2.75) is 6.54 Å². The number of nitrogen functional groups attached to an aromatic ring is 1. The Hall–Kier alpha value is -2.30. The van der Waals surface area contributed by atoms with Crippen LogP contribution >= 0.6 is 0 Å². The number of methoxy groups -OCH3 is 1. The number of carbonyl (C=O) groups excluding carboxylic acids is 1. The second-order valence-corrected chi connectivity index (χ2v) is 3.55. The van der Waals surface area contributed by atoms with Crippen LogP contribution in [0.15, 0.2) is 36.4 Å². The Morgan fingerprint density at radius 1 is 1.41 bits per heavy atom. The molecule has 1 aromatic heterocycles. The summed E-state index contributed by atoms with van der Waals surface area (Å²) in [5.41, 5.74) is 7.41. The first-order chi connectivity index (χ1) is 8.20. The lowest BCUT2D eigenvalue weighted by Gasteiger charge is -2.05. The number of rotatable bonds is 3. The summed E-state index contributed by atoms with van der Waals surface area (Å²) in [6.07, 6.45) is 0. The molecular weight excluding hydrogens is 218 g/mol. The van der Waals surface area contributed by atoms with Gasteiger partial charge in [-0.05, 0) is 5.56 Å². The van der Waals surface area contributed by atoms with Crippen molar-refractivity contribution in [3.8, 4) is 11.3 Å². The van der Waals surface area contributed by atoms with E-state index in [4.69, 9.17) is 5.73 Å². The predicted octanol–water partition coefficient (Wildman–Crippen LogP) is 1.31. The SMILES string of the molecule is COC(=O)Cn1nc(N)cc1-c1ccccc1. The third kappa shape index (κ3) is 2.44. The van der Waals surface area contributed by atoms with Crippen molar-refractivity contribution in [2.75, 3.05) is 12.8 Å². The highest BCUT2D eigenvalue weighted by Gasteiger charge is 2.11. The Morgan fingerprint density at radius 2 is 2.12 bits per heavy atom. The fraction of sp³-hybridized carbons (Fsp3) is 0.167. The molecule has 0 unspecified atom stereocenters. The lowest BCUT2D eigenvalue weighted by Crippen LogP contribution is -2.13. The van der Waals surface area contributed by atoms with Crippen molar-refractivity contribution in [2.24, 2.45) is 0 Å². The highest BCUT2D eigenvalue weighted by molar-refractivity contribution is 5.71. The van der Waals surface area contributed by atoms with Crippen molar-refractivity contribution in [1.82, 2.24) is 9.78 Å². The number of esters is 1. The number of hydrogen-bond acceptors (Lipinski definition) is 4. The van der Waals surface area contributed by atoms with Gasteiger partial charge in [0, 0.05) is 6.07 Å². The maximum absolute atomic E-state index is 11.3. The number of anilines is 1. The molecule has 5 heteroatoms. The van der Waals surface area contributed by atoms with Gasteiger partial charge < -0.3 is 10.5 Å². The van der Waals surface area contributed by atoms with E-state index in [0.717, 1.165) is 11.3 Å². The summed E-state index contributed by atoms with van der Waals surface area (Å²) in [6, 6.07) is 11.4. The summed E-state index contributed by atoms with van der Waals surface area (Å²) < 4.78 is 6.15. The number of benzene rings is 1. The monoisotopic (exact) mass is 231 g/mol. The quantitative estimate of drug-likeness (QED) is 0.808. The number of aromatic nitrogens is 2. The molecule has 0 saturated carbocycles. The normalized spacial score (nSPS) is 10.2. The molecule has 5 nitrogen and oxygen atoms in total. The fourth-order valence-corrected chi connectivity index (χ4v) is 1.59. The molecule has 0 amide bonds. The van der Waals surface area contributed by atoms with E-state index in [2.05, 4.69) is 9.84 Å². The highest BCUT2D eigenvalue weighted by Crippen LogP contribution is 2.21. The molecule has 0 aliphatic carbocycles. The summed E-state index contributed by atoms with van der Waals surface area (Å²) >= 11 is 0. The lowest BCUT2D eigenvalue weighted by molar-refractivity contribution is -0.141. The Balaban J connectivity index is 2.37. The fourth-order valence-electron chi connectivity index (χ4n) is 1.59. The number of hydrogen-bond donors (Lipinski definition) is 1. The van der Waals surface area contributed by atoms with Gasteiger partial charge in [0.1, 0.15) is 12.4 Å². The van der Waals surface area contributed by atoms with Gasteiger partial charge >= 0.3 is 5.97 Å². The standard InChI is InChI=1S/C12H13N3O2/c1-17-12(16)8-15-10(7-11(13)14-15)9-5-3-2-4-6-9/h2-7H,8H2,1H3,(H2,13,14). The molecule has 0 aliphatic rings. The summed E-state index contributed by atoms with van der Waals surface area (Å²) in [5, 5.41) is 4.07. The van der Waals surface area contributed by atoms with Crippen LogP contribution in [0.3, 0.4) is 0 Å². The molecule has 17 heavy (non-hydrogen) atoms. The Morgan fingerprint density at radius 3 is 2.76 bits per heavy atom. The summed E-state index contributed by atoms with van der Waals surface area (Å²) in [6.45, 7) is 0.0535. The van der Waals surface area contributed by atoms with E-state index in [1.807, 2.05) is 30.3 Å². The van der Waals surface area contributed by atoms with Gasteiger partial charge in [-0.25, -0.2) is 0 Å². The van der Waals surface area contributed by atoms with Crippen LogP contribution < -0.4 is 5.73 Å². The minimum atomic E-state index is -0.356. The number of nitrogens with zero attached hydrogens (tertiary/aromatic N) is 2. The van der Waals surface area contributed by atoms with Gasteiger partial charge in [0.25, 0.3) is 0 Å². The molecule has 0 radical (unpaired) electrons. The topological polar surface area (TPSA) is 70.1 Å². The second kappa shape index (κ2) is 4.69. The van der Waals surface area contributed by atoms with E-state index in [1.165, 1.54) is 11.8 Å². The first-order valence-corrected chi connectivity index (χ1v) is 5.16. The molecular formula is C12H13N3O2. The maximum atomic E-state index is 11.3. The smallest absolute Gasteiger partial charge is 0.327 e. The minimum absolute atomic E-state index is 0.0535. The summed E-state index contributed by atoms with van der Waals surface area (Å²) in [5.74, 6) is 0.0260.